The number of hydrogen-bond acceptors (Lipinski definition) is 3. The van der Waals surface area contributed by atoms with Gasteiger partial charge in [-0.3, -0.25) is 0 Å². The third-order valence-corrected chi connectivity index (χ3v) is 6.21. The first-order valence-electron chi connectivity index (χ1n) is 8.26. The maximum absolute atomic E-state index is 12.6. The van der Waals surface area contributed by atoms with Crippen LogP contribution in [0.4, 0.5) is 5.69 Å². The zero-order valence-electron chi connectivity index (χ0n) is 14.3. The lowest BCUT2D eigenvalue weighted by molar-refractivity contribution is 0.576. The van der Waals surface area contributed by atoms with Gasteiger partial charge >= 0.3 is 0 Å². The van der Waals surface area contributed by atoms with Crippen LogP contribution in [0.1, 0.15) is 11.6 Å². The van der Waals surface area contributed by atoms with Crippen LogP contribution < -0.4 is 10.0 Å². The van der Waals surface area contributed by atoms with Gasteiger partial charge in [-0.05, 0) is 54.1 Å². The highest BCUT2D eigenvalue weighted by molar-refractivity contribution is 9.10. The van der Waals surface area contributed by atoms with Gasteiger partial charge in [0.25, 0.3) is 0 Å². The fourth-order valence-corrected chi connectivity index (χ4v) is 4.01. The molecular weight excluding hydrogens is 448 g/mol. The Balaban J connectivity index is 1.79. The molecule has 1 atom stereocenters. The Morgan fingerprint density at radius 2 is 1.52 bits per heavy atom. The summed E-state index contributed by atoms with van der Waals surface area (Å²) in [5.74, 6) is 0. The molecule has 4 nitrogen and oxygen atoms in total. The Hall–Kier alpha value is -1.86. The lowest BCUT2D eigenvalue weighted by atomic mass is 10.1. The molecule has 0 fully saturated rings. The molecule has 0 heterocycles. The molecular formula is C20H18BrClN2O2S. The smallest absolute Gasteiger partial charge is 0.240 e. The van der Waals surface area contributed by atoms with Crippen LogP contribution in [0, 0.1) is 0 Å². The molecule has 0 aliphatic rings. The minimum atomic E-state index is -3.64. The van der Waals surface area contributed by atoms with E-state index in [1.54, 1.807) is 12.1 Å². The predicted octanol–water partition coefficient (Wildman–Crippen LogP) is 5.23. The largest absolute Gasteiger partial charge is 0.377 e. The van der Waals surface area contributed by atoms with E-state index in [-0.39, 0.29) is 17.5 Å². The highest BCUT2D eigenvalue weighted by Gasteiger charge is 2.18. The first-order valence-corrected chi connectivity index (χ1v) is 10.9. The van der Waals surface area contributed by atoms with E-state index < -0.39 is 10.0 Å². The van der Waals surface area contributed by atoms with Crippen LogP contribution in [-0.2, 0) is 10.0 Å². The van der Waals surface area contributed by atoms with E-state index in [0.717, 1.165) is 15.7 Å². The van der Waals surface area contributed by atoms with Crippen LogP contribution in [0.5, 0.6) is 0 Å². The Bertz CT molecular complexity index is 979. The number of anilines is 1. The number of benzene rings is 3. The lowest BCUT2D eigenvalue weighted by Crippen LogP contribution is -2.31. The molecule has 2 N–H and O–H groups in total. The van der Waals surface area contributed by atoms with Gasteiger partial charge in [-0.15, -0.1) is 0 Å². The second-order valence-electron chi connectivity index (χ2n) is 5.92. The Kier molecular flexibility index (Phi) is 6.55. The fourth-order valence-electron chi connectivity index (χ4n) is 2.57. The van der Waals surface area contributed by atoms with E-state index in [9.17, 15) is 8.42 Å². The first kappa shape index (κ1) is 19.9. The van der Waals surface area contributed by atoms with Gasteiger partial charge in [-0.1, -0.05) is 57.9 Å². The van der Waals surface area contributed by atoms with Gasteiger partial charge in [0.15, 0.2) is 0 Å². The van der Waals surface area contributed by atoms with E-state index in [4.69, 9.17) is 11.6 Å². The molecule has 0 aromatic heterocycles. The van der Waals surface area contributed by atoms with Gasteiger partial charge in [-0.25, -0.2) is 13.1 Å². The zero-order chi connectivity index (χ0) is 19.3. The highest BCUT2D eigenvalue weighted by atomic mass is 79.9. The predicted molar refractivity (Wildman–Crippen MR) is 114 cm³/mol. The fraction of sp³-hybridized carbons (Fsp3) is 0.100. The summed E-state index contributed by atoms with van der Waals surface area (Å²) in [7, 11) is -3.64. The van der Waals surface area contributed by atoms with E-state index in [1.165, 1.54) is 12.1 Å². The average Bonchev–Trinajstić information content (AvgIpc) is 2.68. The van der Waals surface area contributed by atoms with Crippen molar-refractivity contribution in [1.82, 2.24) is 4.72 Å². The molecule has 3 aromatic carbocycles. The molecule has 0 amide bonds. The van der Waals surface area contributed by atoms with Crippen LogP contribution in [0.3, 0.4) is 0 Å². The van der Waals surface area contributed by atoms with Crippen LogP contribution in [0.15, 0.2) is 88.2 Å². The van der Waals surface area contributed by atoms with Crippen molar-refractivity contribution < 1.29 is 8.42 Å². The Morgan fingerprint density at radius 1 is 0.889 bits per heavy atom. The monoisotopic (exact) mass is 464 g/mol. The second-order valence-corrected chi connectivity index (χ2v) is 9.04. The van der Waals surface area contributed by atoms with Crippen molar-refractivity contribution >= 4 is 43.2 Å². The molecule has 3 rings (SSSR count). The van der Waals surface area contributed by atoms with E-state index in [1.807, 2.05) is 54.6 Å². The van der Waals surface area contributed by atoms with Crippen molar-refractivity contribution in [2.75, 3.05) is 11.9 Å². The van der Waals surface area contributed by atoms with Crippen molar-refractivity contribution in [3.05, 3.63) is 93.9 Å². The van der Waals surface area contributed by atoms with E-state index >= 15 is 0 Å². The third-order valence-electron chi connectivity index (χ3n) is 3.99. The number of hydrogen-bond donors (Lipinski definition) is 2. The molecule has 0 saturated heterocycles. The molecule has 0 aliphatic carbocycles. The molecule has 0 spiro atoms. The van der Waals surface area contributed by atoms with Crippen molar-refractivity contribution in [2.45, 2.75) is 10.9 Å². The SMILES string of the molecule is O=S(=O)(NC[C@@H](Nc1ccc(Br)cc1)c1ccccc1)c1ccc(Cl)cc1. The van der Waals surface area contributed by atoms with Gasteiger partial charge in [0, 0.05) is 21.7 Å². The molecule has 0 radical (unpaired) electrons. The zero-order valence-corrected chi connectivity index (χ0v) is 17.4. The molecule has 27 heavy (non-hydrogen) atoms. The van der Waals surface area contributed by atoms with E-state index in [0.29, 0.717) is 5.02 Å². The van der Waals surface area contributed by atoms with Crippen molar-refractivity contribution in [1.29, 1.82) is 0 Å². The average molecular weight is 466 g/mol. The third kappa shape index (κ3) is 5.56. The number of halogens is 2. The van der Waals surface area contributed by atoms with Crippen LogP contribution >= 0.6 is 27.5 Å². The number of nitrogens with one attached hydrogen (secondary N) is 2. The van der Waals surface area contributed by atoms with Crippen molar-refractivity contribution in [2.24, 2.45) is 0 Å². The van der Waals surface area contributed by atoms with Gasteiger partial charge < -0.3 is 5.32 Å². The molecule has 3 aromatic rings. The molecule has 0 aliphatic heterocycles. The summed E-state index contributed by atoms with van der Waals surface area (Å²) >= 11 is 9.26. The Morgan fingerprint density at radius 3 is 2.15 bits per heavy atom. The second kappa shape index (κ2) is 8.89. The normalized spacial score (nSPS) is 12.5. The van der Waals surface area contributed by atoms with Crippen LogP contribution in [0.25, 0.3) is 0 Å². The maximum Gasteiger partial charge on any atom is 0.240 e. The summed E-state index contributed by atoms with van der Waals surface area (Å²) in [5.41, 5.74) is 1.89. The lowest BCUT2D eigenvalue weighted by Gasteiger charge is -2.21. The topological polar surface area (TPSA) is 58.2 Å². The van der Waals surface area contributed by atoms with Gasteiger partial charge in [0.1, 0.15) is 0 Å². The Labute approximate surface area is 172 Å². The summed E-state index contributed by atoms with van der Waals surface area (Å²) in [5, 5.41) is 3.88. The summed E-state index contributed by atoms with van der Waals surface area (Å²) in [6.45, 7) is 0.199. The van der Waals surface area contributed by atoms with E-state index in [2.05, 4.69) is 26.0 Å². The highest BCUT2D eigenvalue weighted by Crippen LogP contribution is 2.22. The van der Waals surface area contributed by atoms with Crippen molar-refractivity contribution in [3.63, 3.8) is 0 Å². The molecule has 0 bridgehead atoms. The van der Waals surface area contributed by atoms with Crippen molar-refractivity contribution in [3.8, 4) is 0 Å². The summed E-state index contributed by atoms with van der Waals surface area (Å²) < 4.78 is 28.8. The van der Waals surface area contributed by atoms with Crippen LogP contribution in [0.2, 0.25) is 5.02 Å². The number of sulfonamides is 1. The van der Waals surface area contributed by atoms with Crippen LogP contribution in [-0.4, -0.2) is 15.0 Å². The summed E-state index contributed by atoms with van der Waals surface area (Å²) in [4.78, 5) is 0.183. The standard InChI is InChI=1S/C20H18BrClN2O2S/c21-16-6-10-18(11-7-16)24-20(15-4-2-1-3-5-15)14-23-27(25,26)19-12-8-17(22)9-13-19/h1-13,20,23-24H,14H2/t20-/m1/s1. The molecule has 7 heteroatoms. The number of rotatable bonds is 7. The summed E-state index contributed by atoms with van der Waals surface area (Å²) in [6, 6.07) is 23.3. The maximum atomic E-state index is 12.6. The molecule has 140 valence electrons. The van der Waals surface area contributed by atoms with Gasteiger partial charge in [0.05, 0.1) is 10.9 Å². The molecule has 0 saturated carbocycles. The minimum Gasteiger partial charge on any atom is -0.377 e. The van der Waals surface area contributed by atoms with Gasteiger partial charge in [-0.2, -0.15) is 0 Å². The quantitative estimate of drug-likeness (QED) is 0.502. The van der Waals surface area contributed by atoms with Gasteiger partial charge in [0.2, 0.25) is 10.0 Å². The minimum absolute atomic E-state index is 0.183. The summed E-state index contributed by atoms with van der Waals surface area (Å²) in [6.07, 6.45) is 0. The first-order chi connectivity index (χ1) is 12.9. The molecule has 0 unspecified atom stereocenters.